The van der Waals surface area contributed by atoms with Gasteiger partial charge in [0.15, 0.2) is 0 Å². The first-order valence-corrected chi connectivity index (χ1v) is 9.23. The molecule has 1 amide bonds. The van der Waals surface area contributed by atoms with Gasteiger partial charge in [0.1, 0.15) is 10.7 Å². The summed E-state index contributed by atoms with van der Waals surface area (Å²) in [6.45, 7) is 2.46. The Bertz CT molecular complexity index is 659. The van der Waals surface area contributed by atoms with E-state index in [9.17, 15) is 4.79 Å². The number of carbonyl (C=O) groups excluding carboxylic acids is 1. The first-order valence-electron chi connectivity index (χ1n) is 8.35. The molecule has 0 spiro atoms. The van der Waals surface area contributed by atoms with Gasteiger partial charge in [-0.25, -0.2) is 4.98 Å². The summed E-state index contributed by atoms with van der Waals surface area (Å²) in [5, 5.41) is 2.95. The topological polar surface area (TPSA) is 67.5 Å². The highest BCUT2D eigenvalue weighted by molar-refractivity contribution is 7.09. The highest BCUT2D eigenvalue weighted by Crippen LogP contribution is 2.35. The molecule has 0 aromatic carbocycles. The van der Waals surface area contributed by atoms with Gasteiger partial charge >= 0.3 is 0 Å². The van der Waals surface area contributed by atoms with E-state index < -0.39 is 0 Å². The van der Waals surface area contributed by atoms with Crippen molar-refractivity contribution in [2.45, 2.75) is 31.6 Å². The first-order chi connectivity index (χ1) is 11.8. The third-order valence-corrected chi connectivity index (χ3v) is 5.60. The highest BCUT2D eigenvalue weighted by atomic mass is 32.1. The van der Waals surface area contributed by atoms with Crippen LogP contribution in [-0.2, 0) is 16.1 Å². The Kier molecular flexibility index (Phi) is 4.64. The van der Waals surface area contributed by atoms with Gasteiger partial charge in [0, 0.05) is 30.2 Å². The zero-order chi connectivity index (χ0) is 16.4. The maximum absolute atomic E-state index is 12.7. The quantitative estimate of drug-likeness (QED) is 0.901. The number of H-pyrrole nitrogens is 1. The Morgan fingerprint density at radius 3 is 3.25 bits per heavy atom. The number of aromatic nitrogens is 2. The van der Waals surface area contributed by atoms with Gasteiger partial charge in [0.25, 0.3) is 5.91 Å². The molecule has 3 unspecified atom stereocenters. The first kappa shape index (κ1) is 15.8. The third-order valence-electron chi connectivity index (χ3n) is 4.85. The number of ether oxygens (including phenoxy) is 2. The fourth-order valence-corrected chi connectivity index (χ4v) is 4.28. The fourth-order valence-electron chi connectivity index (χ4n) is 3.73. The molecule has 2 aromatic rings. The average Bonchev–Trinajstić information content (AvgIpc) is 3.36. The number of nitrogens with zero attached hydrogens (tertiary/aromatic N) is 2. The molecule has 0 radical (unpaired) electrons. The monoisotopic (exact) mass is 347 g/mol. The van der Waals surface area contributed by atoms with E-state index in [4.69, 9.17) is 9.47 Å². The lowest BCUT2D eigenvalue weighted by molar-refractivity contribution is -0.0766. The van der Waals surface area contributed by atoms with Gasteiger partial charge in [-0.3, -0.25) is 4.79 Å². The van der Waals surface area contributed by atoms with Crippen LogP contribution in [-0.4, -0.2) is 52.7 Å². The second-order valence-corrected chi connectivity index (χ2v) is 7.24. The van der Waals surface area contributed by atoms with Crippen LogP contribution in [0.1, 0.15) is 28.3 Å². The van der Waals surface area contributed by atoms with Crippen molar-refractivity contribution >= 4 is 17.2 Å². The van der Waals surface area contributed by atoms with E-state index in [-0.39, 0.29) is 18.1 Å². The van der Waals surface area contributed by atoms with Crippen LogP contribution < -0.4 is 0 Å². The van der Waals surface area contributed by atoms with Crippen LogP contribution in [0.4, 0.5) is 0 Å². The number of aromatic amines is 1. The molecule has 1 N–H and O–H groups in total. The standard InChI is InChI=1S/C17H21N3O3S/c21-17(13-2-1-5-18-13)20-7-8-23-16-12(3-4-14(16)20)10-22-11-15-19-6-9-24-15/h1-2,5-6,9,12,14,16,18H,3-4,7-8,10-11H2. The molecule has 24 heavy (non-hydrogen) atoms. The molecule has 1 saturated carbocycles. The van der Waals surface area contributed by atoms with Gasteiger partial charge in [-0.15, -0.1) is 11.3 Å². The number of amides is 1. The second kappa shape index (κ2) is 7.04. The molecule has 0 bridgehead atoms. The van der Waals surface area contributed by atoms with Crippen molar-refractivity contribution < 1.29 is 14.3 Å². The molecule has 1 aliphatic carbocycles. The normalized spacial score (nSPS) is 26.5. The highest BCUT2D eigenvalue weighted by Gasteiger charge is 2.44. The predicted octanol–water partition coefficient (Wildman–Crippen LogP) is 2.31. The van der Waals surface area contributed by atoms with E-state index in [0.29, 0.717) is 38.0 Å². The van der Waals surface area contributed by atoms with Crippen LogP contribution in [0.15, 0.2) is 29.9 Å². The molecule has 2 aromatic heterocycles. The zero-order valence-corrected chi connectivity index (χ0v) is 14.2. The Balaban J connectivity index is 1.36. The van der Waals surface area contributed by atoms with E-state index >= 15 is 0 Å². The zero-order valence-electron chi connectivity index (χ0n) is 13.4. The maximum atomic E-state index is 12.7. The summed E-state index contributed by atoms with van der Waals surface area (Å²) in [4.78, 5) is 21.9. The van der Waals surface area contributed by atoms with Crippen molar-refractivity contribution in [3.05, 3.63) is 40.6 Å². The van der Waals surface area contributed by atoms with Crippen molar-refractivity contribution in [3.63, 3.8) is 0 Å². The number of hydrogen-bond donors (Lipinski definition) is 1. The van der Waals surface area contributed by atoms with Crippen LogP contribution in [0.2, 0.25) is 0 Å². The molecule has 2 fully saturated rings. The van der Waals surface area contributed by atoms with Crippen LogP contribution in [0.5, 0.6) is 0 Å². The Labute approximate surface area is 144 Å². The molecule has 1 saturated heterocycles. The molecular weight excluding hydrogens is 326 g/mol. The van der Waals surface area contributed by atoms with Crippen molar-refractivity contribution in [1.29, 1.82) is 0 Å². The Morgan fingerprint density at radius 2 is 2.46 bits per heavy atom. The van der Waals surface area contributed by atoms with Crippen LogP contribution in [0.25, 0.3) is 0 Å². The summed E-state index contributed by atoms with van der Waals surface area (Å²) in [5.74, 6) is 0.414. The molecule has 128 valence electrons. The lowest BCUT2D eigenvalue weighted by Gasteiger charge is -2.39. The molecule has 6 nitrogen and oxygen atoms in total. The molecule has 7 heteroatoms. The van der Waals surface area contributed by atoms with Gasteiger partial charge in [-0.05, 0) is 25.0 Å². The summed E-state index contributed by atoms with van der Waals surface area (Å²) in [6, 6.07) is 3.84. The SMILES string of the molecule is O=C(c1ccc[nH]1)N1CCOC2C(COCc3nccs3)CCC21. The third kappa shape index (κ3) is 3.11. The lowest BCUT2D eigenvalue weighted by atomic mass is 10.0. The number of morpholine rings is 1. The minimum atomic E-state index is 0.0719. The minimum absolute atomic E-state index is 0.0719. The molecular formula is C17H21N3O3S. The van der Waals surface area contributed by atoms with Crippen molar-refractivity contribution in [2.24, 2.45) is 5.92 Å². The molecule has 4 rings (SSSR count). The maximum Gasteiger partial charge on any atom is 0.270 e. The molecule has 3 heterocycles. The van der Waals surface area contributed by atoms with Crippen molar-refractivity contribution in [1.82, 2.24) is 14.9 Å². The lowest BCUT2D eigenvalue weighted by Crippen LogP contribution is -2.53. The van der Waals surface area contributed by atoms with Crippen LogP contribution >= 0.6 is 11.3 Å². The summed E-state index contributed by atoms with van der Waals surface area (Å²) in [5.41, 5.74) is 0.652. The Hall–Kier alpha value is -1.70. The minimum Gasteiger partial charge on any atom is -0.374 e. The largest absolute Gasteiger partial charge is 0.374 e. The van der Waals surface area contributed by atoms with E-state index in [0.717, 1.165) is 17.8 Å². The molecule has 2 aliphatic rings. The van der Waals surface area contributed by atoms with Gasteiger partial charge in [0.2, 0.25) is 0 Å². The summed E-state index contributed by atoms with van der Waals surface area (Å²) < 4.78 is 11.8. The number of thiazole rings is 1. The van der Waals surface area contributed by atoms with E-state index in [1.807, 2.05) is 22.4 Å². The average molecular weight is 347 g/mol. The molecule has 1 aliphatic heterocycles. The summed E-state index contributed by atoms with van der Waals surface area (Å²) >= 11 is 1.61. The van der Waals surface area contributed by atoms with Gasteiger partial charge in [-0.2, -0.15) is 0 Å². The number of fused-ring (bicyclic) bond motifs is 1. The number of hydrogen-bond acceptors (Lipinski definition) is 5. The summed E-state index contributed by atoms with van der Waals surface area (Å²) in [7, 11) is 0. The molecule has 3 atom stereocenters. The second-order valence-electron chi connectivity index (χ2n) is 6.26. The smallest absolute Gasteiger partial charge is 0.270 e. The van der Waals surface area contributed by atoms with E-state index in [1.54, 1.807) is 23.7 Å². The van der Waals surface area contributed by atoms with Gasteiger partial charge in [0.05, 0.1) is 32.0 Å². The number of nitrogens with one attached hydrogen (secondary N) is 1. The summed E-state index contributed by atoms with van der Waals surface area (Å²) in [6.07, 6.45) is 5.66. The fraction of sp³-hybridized carbons (Fsp3) is 0.529. The van der Waals surface area contributed by atoms with Crippen LogP contribution in [0, 0.1) is 5.92 Å². The van der Waals surface area contributed by atoms with Crippen molar-refractivity contribution in [3.8, 4) is 0 Å². The van der Waals surface area contributed by atoms with Crippen LogP contribution in [0.3, 0.4) is 0 Å². The van der Waals surface area contributed by atoms with E-state index in [2.05, 4.69) is 9.97 Å². The van der Waals surface area contributed by atoms with Gasteiger partial charge in [-0.1, -0.05) is 0 Å². The van der Waals surface area contributed by atoms with Gasteiger partial charge < -0.3 is 19.4 Å². The predicted molar refractivity (Wildman–Crippen MR) is 89.9 cm³/mol. The van der Waals surface area contributed by atoms with Crippen molar-refractivity contribution in [2.75, 3.05) is 19.8 Å². The number of carbonyl (C=O) groups is 1. The Morgan fingerprint density at radius 1 is 1.50 bits per heavy atom. The van der Waals surface area contributed by atoms with E-state index in [1.165, 1.54) is 0 Å². The number of rotatable bonds is 5.